The summed E-state index contributed by atoms with van der Waals surface area (Å²) in [6.07, 6.45) is -0.549. The van der Waals surface area contributed by atoms with Crippen LogP contribution in [0.5, 0.6) is 0 Å². The molecule has 1 aromatic carbocycles. The van der Waals surface area contributed by atoms with Crippen molar-refractivity contribution in [1.29, 1.82) is 0 Å². The fourth-order valence-corrected chi connectivity index (χ4v) is 1.86. The second kappa shape index (κ2) is 4.87. The minimum absolute atomic E-state index is 0.190. The van der Waals surface area contributed by atoms with Crippen LogP contribution < -0.4 is 0 Å². The summed E-state index contributed by atoms with van der Waals surface area (Å²) in [6, 6.07) is 6.75. The fraction of sp³-hybridized carbons (Fsp3) is 0.333. The van der Waals surface area contributed by atoms with Crippen LogP contribution in [0.1, 0.15) is 23.7 Å². The van der Waals surface area contributed by atoms with Crippen LogP contribution in [0.25, 0.3) is 0 Å². The van der Waals surface area contributed by atoms with Gasteiger partial charge < -0.3 is 9.47 Å². The quantitative estimate of drug-likeness (QED) is 0.786. The third-order valence-corrected chi connectivity index (χ3v) is 2.98. The summed E-state index contributed by atoms with van der Waals surface area (Å²) >= 11 is 3.27. The maximum Gasteiger partial charge on any atom is 0.347 e. The summed E-state index contributed by atoms with van der Waals surface area (Å²) in [7, 11) is 0. The third kappa shape index (κ3) is 2.85. The molecule has 5 heteroatoms. The van der Waals surface area contributed by atoms with Crippen LogP contribution in [0.3, 0.4) is 0 Å². The van der Waals surface area contributed by atoms with Gasteiger partial charge in [-0.3, -0.25) is 0 Å². The van der Waals surface area contributed by atoms with Crippen molar-refractivity contribution < 1.29 is 19.1 Å². The molecule has 90 valence electrons. The van der Waals surface area contributed by atoms with Gasteiger partial charge in [-0.05, 0) is 31.2 Å². The van der Waals surface area contributed by atoms with Crippen LogP contribution in [0, 0.1) is 0 Å². The zero-order valence-electron chi connectivity index (χ0n) is 9.18. The zero-order chi connectivity index (χ0) is 12.4. The van der Waals surface area contributed by atoms with E-state index >= 15 is 0 Å². The molecule has 0 aromatic heterocycles. The minimum Gasteiger partial charge on any atom is -0.460 e. The van der Waals surface area contributed by atoms with Gasteiger partial charge in [0.25, 0.3) is 0 Å². The lowest BCUT2D eigenvalue weighted by atomic mass is 10.2. The molecule has 1 saturated heterocycles. The molecule has 1 aromatic rings. The van der Waals surface area contributed by atoms with Crippen LogP contribution in [0.15, 0.2) is 28.7 Å². The predicted octanol–water partition coefficient (Wildman–Crippen LogP) is 2.31. The van der Waals surface area contributed by atoms with Gasteiger partial charge in [-0.25, -0.2) is 9.59 Å². The second-order valence-electron chi connectivity index (χ2n) is 3.88. The molecule has 0 spiro atoms. The second-order valence-corrected chi connectivity index (χ2v) is 4.80. The van der Waals surface area contributed by atoms with Gasteiger partial charge in [0.05, 0.1) is 5.56 Å². The maximum atomic E-state index is 11.7. The van der Waals surface area contributed by atoms with Crippen molar-refractivity contribution in [2.45, 2.75) is 25.6 Å². The first-order chi connectivity index (χ1) is 8.06. The molecule has 2 atom stereocenters. The smallest absolute Gasteiger partial charge is 0.347 e. The topological polar surface area (TPSA) is 52.6 Å². The number of ether oxygens (including phenoxy) is 2. The van der Waals surface area contributed by atoms with Crippen LogP contribution >= 0.6 is 15.9 Å². The molecule has 1 fully saturated rings. The van der Waals surface area contributed by atoms with E-state index in [2.05, 4.69) is 15.9 Å². The molecule has 0 aliphatic carbocycles. The Balaban J connectivity index is 2.02. The van der Waals surface area contributed by atoms with E-state index in [-0.39, 0.29) is 6.10 Å². The van der Waals surface area contributed by atoms with Crippen molar-refractivity contribution in [3.63, 3.8) is 0 Å². The molecule has 1 aliphatic rings. The van der Waals surface area contributed by atoms with Crippen LogP contribution in [0.2, 0.25) is 0 Å². The van der Waals surface area contributed by atoms with E-state index in [0.29, 0.717) is 12.0 Å². The van der Waals surface area contributed by atoms with E-state index in [4.69, 9.17) is 9.47 Å². The van der Waals surface area contributed by atoms with E-state index in [1.165, 1.54) is 0 Å². The van der Waals surface area contributed by atoms with Gasteiger partial charge in [-0.2, -0.15) is 0 Å². The van der Waals surface area contributed by atoms with Crippen molar-refractivity contribution in [2.75, 3.05) is 0 Å². The van der Waals surface area contributed by atoms with E-state index in [0.717, 1.165) is 4.47 Å². The summed E-state index contributed by atoms with van der Waals surface area (Å²) < 4.78 is 10.9. The normalized spacial score (nSPS) is 23.3. The first kappa shape index (κ1) is 12.1. The highest BCUT2D eigenvalue weighted by Gasteiger charge is 2.35. The first-order valence-corrected chi connectivity index (χ1v) is 6.02. The zero-order valence-corrected chi connectivity index (χ0v) is 10.8. The summed E-state index contributed by atoms with van der Waals surface area (Å²) in [4.78, 5) is 23.0. The highest BCUT2D eigenvalue weighted by molar-refractivity contribution is 9.10. The highest BCUT2D eigenvalue weighted by Crippen LogP contribution is 2.19. The highest BCUT2D eigenvalue weighted by atomic mass is 79.9. The van der Waals surface area contributed by atoms with Gasteiger partial charge in [0, 0.05) is 10.9 Å². The Morgan fingerprint density at radius 1 is 1.41 bits per heavy atom. The van der Waals surface area contributed by atoms with E-state index in [1.54, 1.807) is 31.2 Å². The molecule has 0 unspecified atom stereocenters. The molecule has 17 heavy (non-hydrogen) atoms. The molecule has 1 aliphatic heterocycles. The molecule has 0 bridgehead atoms. The largest absolute Gasteiger partial charge is 0.460 e. The lowest BCUT2D eigenvalue weighted by Gasteiger charge is -2.08. The number of carbonyl (C=O) groups is 2. The number of hydrogen-bond donors (Lipinski definition) is 0. The average Bonchev–Trinajstić information content (AvgIpc) is 2.58. The Bertz CT molecular complexity index is 440. The van der Waals surface area contributed by atoms with E-state index in [9.17, 15) is 9.59 Å². The average molecular weight is 299 g/mol. The monoisotopic (exact) mass is 298 g/mol. The van der Waals surface area contributed by atoms with Crippen molar-refractivity contribution >= 4 is 27.9 Å². The van der Waals surface area contributed by atoms with Gasteiger partial charge in [0.1, 0.15) is 6.10 Å². The van der Waals surface area contributed by atoms with Crippen LogP contribution in [-0.4, -0.2) is 24.1 Å². The first-order valence-electron chi connectivity index (χ1n) is 5.23. The molecule has 0 saturated carbocycles. The molecule has 4 nitrogen and oxygen atoms in total. The Hall–Kier alpha value is -1.36. The maximum absolute atomic E-state index is 11.7. The van der Waals surface area contributed by atoms with Gasteiger partial charge in [0.15, 0.2) is 0 Å². The summed E-state index contributed by atoms with van der Waals surface area (Å²) in [5, 5.41) is 0. The van der Waals surface area contributed by atoms with E-state index in [1.807, 2.05) is 0 Å². The molecule has 0 amide bonds. The van der Waals surface area contributed by atoms with Gasteiger partial charge in [-0.1, -0.05) is 15.9 Å². The van der Waals surface area contributed by atoms with Gasteiger partial charge in [0.2, 0.25) is 6.10 Å². The standard InChI is InChI=1S/C12H11BrO4/c1-7-6-10(12(15)16-7)17-11(14)8-2-4-9(13)5-3-8/h2-5,7,10H,6H2,1H3/t7-,10+/m1/s1. The predicted molar refractivity (Wildman–Crippen MR) is 63.5 cm³/mol. The third-order valence-electron chi connectivity index (χ3n) is 2.46. The summed E-state index contributed by atoms with van der Waals surface area (Å²) in [5.74, 6) is -0.975. The Labute approximate surface area is 107 Å². The van der Waals surface area contributed by atoms with Crippen molar-refractivity contribution in [1.82, 2.24) is 0 Å². The fourth-order valence-electron chi connectivity index (χ4n) is 1.60. The SMILES string of the molecule is C[C@@H]1C[C@H](OC(=O)c2ccc(Br)cc2)C(=O)O1. The lowest BCUT2D eigenvalue weighted by molar-refractivity contribution is -0.147. The molecule has 2 rings (SSSR count). The number of rotatable bonds is 2. The van der Waals surface area contributed by atoms with Crippen molar-refractivity contribution in [3.05, 3.63) is 34.3 Å². The molecule has 0 radical (unpaired) electrons. The molecular formula is C12H11BrO4. The number of hydrogen-bond acceptors (Lipinski definition) is 4. The van der Waals surface area contributed by atoms with Crippen LogP contribution in [-0.2, 0) is 14.3 Å². The van der Waals surface area contributed by atoms with Gasteiger partial charge in [-0.15, -0.1) is 0 Å². The molecular weight excluding hydrogens is 288 g/mol. The van der Waals surface area contributed by atoms with Crippen molar-refractivity contribution in [2.24, 2.45) is 0 Å². The van der Waals surface area contributed by atoms with Gasteiger partial charge >= 0.3 is 11.9 Å². The number of esters is 2. The van der Waals surface area contributed by atoms with E-state index < -0.39 is 18.0 Å². The molecule has 1 heterocycles. The Morgan fingerprint density at radius 3 is 2.59 bits per heavy atom. The number of halogens is 1. The lowest BCUT2D eigenvalue weighted by Crippen LogP contribution is -2.22. The Morgan fingerprint density at radius 2 is 2.06 bits per heavy atom. The van der Waals surface area contributed by atoms with Crippen LogP contribution in [0.4, 0.5) is 0 Å². The van der Waals surface area contributed by atoms with Crippen molar-refractivity contribution in [3.8, 4) is 0 Å². The molecule has 0 N–H and O–H groups in total. The summed E-state index contributed by atoms with van der Waals surface area (Å²) in [5.41, 5.74) is 0.417. The minimum atomic E-state index is -0.777. The summed E-state index contributed by atoms with van der Waals surface area (Å²) in [6.45, 7) is 1.77. The number of benzene rings is 1. The number of cyclic esters (lactones) is 1. The Kier molecular flexibility index (Phi) is 3.47. The number of carbonyl (C=O) groups excluding carboxylic acids is 2.